The highest BCUT2D eigenvalue weighted by Gasteiger charge is 2.62. The maximum absolute atomic E-state index is 11.8. The standard InChI is InChI=1S/C14H14O3/c15-11-7-6-10-12(11)13(10)14(16)17-8-9-4-2-1-3-5-9/h1-5,10,12-13H,6-8H2/t10-,12-,13+/m1/s1. The number of hydrogen-bond acceptors (Lipinski definition) is 3. The van der Waals surface area contributed by atoms with Crippen LogP contribution in [0.5, 0.6) is 0 Å². The van der Waals surface area contributed by atoms with Crippen LogP contribution in [-0.4, -0.2) is 11.8 Å². The highest BCUT2D eigenvalue weighted by atomic mass is 16.5. The van der Waals surface area contributed by atoms with Gasteiger partial charge in [0.15, 0.2) is 0 Å². The van der Waals surface area contributed by atoms with Crippen molar-refractivity contribution >= 4 is 11.8 Å². The third kappa shape index (κ3) is 1.86. The van der Waals surface area contributed by atoms with Crippen molar-refractivity contribution in [2.75, 3.05) is 0 Å². The molecule has 88 valence electrons. The molecule has 3 atom stereocenters. The quantitative estimate of drug-likeness (QED) is 0.745. The monoisotopic (exact) mass is 230 g/mol. The molecule has 0 aromatic heterocycles. The molecule has 0 unspecified atom stereocenters. The lowest BCUT2D eigenvalue weighted by Gasteiger charge is -2.05. The summed E-state index contributed by atoms with van der Waals surface area (Å²) in [6.45, 7) is 0.309. The first-order valence-corrected chi connectivity index (χ1v) is 6.00. The zero-order valence-corrected chi connectivity index (χ0v) is 9.46. The van der Waals surface area contributed by atoms with Gasteiger partial charge in [0.25, 0.3) is 0 Å². The summed E-state index contributed by atoms with van der Waals surface area (Å²) in [6.07, 6.45) is 1.52. The molecule has 1 aromatic carbocycles. The number of ketones is 1. The Morgan fingerprint density at radius 2 is 2.06 bits per heavy atom. The molecule has 2 aliphatic rings. The molecular formula is C14H14O3. The second-order valence-electron chi connectivity index (χ2n) is 4.81. The Morgan fingerprint density at radius 3 is 2.71 bits per heavy atom. The number of Topliss-reactive ketones (excluding diaryl/α,β-unsaturated/α-hetero) is 1. The Kier molecular flexibility index (Phi) is 2.46. The van der Waals surface area contributed by atoms with Crippen LogP contribution in [0.1, 0.15) is 18.4 Å². The van der Waals surface area contributed by atoms with Crippen LogP contribution in [0.4, 0.5) is 0 Å². The lowest BCUT2D eigenvalue weighted by molar-refractivity contribution is -0.148. The zero-order chi connectivity index (χ0) is 11.8. The van der Waals surface area contributed by atoms with E-state index >= 15 is 0 Å². The molecule has 2 saturated carbocycles. The maximum Gasteiger partial charge on any atom is 0.310 e. The summed E-state index contributed by atoms with van der Waals surface area (Å²) in [7, 11) is 0. The van der Waals surface area contributed by atoms with E-state index in [0.29, 0.717) is 13.0 Å². The average molecular weight is 230 g/mol. The van der Waals surface area contributed by atoms with Gasteiger partial charge in [0.1, 0.15) is 12.4 Å². The van der Waals surface area contributed by atoms with Crippen LogP contribution >= 0.6 is 0 Å². The number of hydrogen-bond donors (Lipinski definition) is 0. The van der Waals surface area contributed by atoms with Gasteiger partial charge in [-0.05, 0) is 17.9 Å². The Morgan fingerprint density at radius 1 is 1.29 bits per heavy atom. The molecule has 2 aliphatic carbocycles. The van der Waals surface area contributed by atoms with Crippen LogP contribution in [-0.2, 0) is 20.9 Å². The molecule has 0 aliphatic heterocycles. The van der Waals surface area contributed by atoms with Crippen molar-refractivity contribution in [3.8, 4) is 0 Å². The number of ether oxygens (including phenoxy) is 1. The first-order valence-electron chi connectivity index (χ1n) is 6.00. The number of carbonyl (C=O) groups is 2. The van der Waals surface area contributed by atoms with Gasteiger partial charge in [0, 0.05) is 12.3 Å². The van der Waals surface area contributed by atoms with Crippen LogP contribution in [0.3, 0.4) is 0 Å². The summed E-state index contributed by atoms with van der Waals surface area (Å²) in [6, 6.07) is 9.60. The van der Waals surface area contributed by atoms with Crippen molar-refractivity contribution < 1.29 is 14.3 Å². The number of esters is 1. The first-order chi connectivity index (χ1) is 8.27. The molecule has 17 heavy (non-hydrogen) atoms. The summed E-state index contributed by atoms with van der Waals surface area (Å²) in [5, 5.41) is 0. The van der Waals surface area contributed by atoms with E-state index in [1.807, 2.05) is 30.3 Å². The fraction of sp³-hybridized carbons (Fsp3) is 0.429. The van der Waals surface area contributed by atoms with E-state index in [0.717, 1.165) is 12.0 Å². The number of carbonyl (C=O) groups excluding carboxylic acids is 2. The van der Waals surface area contributed by atoms with Gasteiger partial charge in [-0.3, -0.25) is 9.59 Å². The van der Waals surface area contributed by atoms with Crippen molar-refractivity contribution in [3.05, 3.63) is 35.9 Å². The van der Waals surface area contributed by atoms with Crippen LogP contribution in [0, 0.1) is 17.8 Å². The van der Waals surface area contributed by atoms with Crippen molar-refractivity contribution in [2.45, 2.75) is 19.4 Å². The van der Waals surface area contributed by atoms with E-state index in [4.69, 9.17) is 4.74 Å². The van der Waals surface area contributed by atoms with Crippen LogP contribution < -0.4 is 0 Å². The van der Waals surface area contributed by atoms with Gasteiger partial charge in [-0.1, -0.05) is 30.3 Å². The molecule has 0 saturated heterocycles. The van der Waals surface area contributed by atoms with Crippen LogP contribution in [0.2, 0.25) is 0 Å². The third-order valence-corrected chi connectivity index (χ3v) is 3.76. The van der Waals surface area contributed by atoms with Crippen molar-refractivity contribution in [1.29, 1.82) is 0 Å². The number of fused-ring (bicyclic) bond motifs is 1. The lowest BCUT2D eigenvalue weighted by Crippen LogP contribution is -2.13. The average Bonchev–Trinajstić information content (AvgIpc) is 2.98. The first kappa shape index (κ1) is 10.5. The normalized spacial score (nSPS) is 29.9. The van der Waals surface area contributed by atoms with E-state index in [1.165, 1.54) is 0 Å². The second kappa shape index (κ2) is 3.99. The minimum atomic E-state index is -0.197. The van der Waals surface area contributed by atoms with Gasteiger partial charge in [-0.25, -0.2) is 0 Å². The van der Waals surface area contributed by atoms with E-state index in [9.17, 15) is 9.59 Å². The molecular weight excluding hydrogens is 216 g/mol. The van der Waals surface area contributed by atoms with Crippen molar-refractivity contribution in [1.82, 2.24) is 0 Å². The largest absolute Gasteiger partial charge is 0.461 e. The fourth-order valence-electron chi connectivity index (χ4n) is 2.79. The predicted molar refractivity (Wildman–Crippen MR) is 60.9 cm³/mol. The molecule has 3 heteroatoms. The Hall–Kier alpha value is -1.64. The van der Waals surface area contributed by atoms with E-state index < -0.39 is 0 Å². The Labute approximate surface area is 99.8 Å². The Bertz CT molecular complexity index is 452. The molecule has 3 nitrogen and oxygen atoms in total. The molecule has 2 fully saturated rings. The van der Waals surface area contributed by atoms with Gasteiger partial charge >= 0.3 is 5.97 Å². The number of benzene rings is 1. The zero-order valence-electron chi connectivity index (χ0n) is 9.46. The summed E-state index contributed by atoms with van der Waals surface area (Å²) in [5.74, 6) is 0.178. The predicted octanol–water partition coefficient (Wildman–Crippen LogP) is 1.95. The van der Waals surface area contributed by atoms with Gasteiger partial charge in [-0.15, -0.1) is 0 Å². The number of rotatable bonds is 3. The van der Waals surface area contributed by atoms with Gasteiger partial charge in [-0.2, -0.15) is 0 Å². The fourth-order valence-corrected chi connectivity index (χ4v) is 2.79. The molecule has 0 N–H and O–H groups in total. The molecule has 0 amide bonds. The summed E-state index contributed by atoms with van der Waals surface area (Å²) in [4.78, 5) is 23.2. The smallest absolute Gasteiger partial charge is 0.310 e. The minimum absolute atomic E-state index is 0.0155. The van der Waals surface area contributed by atoms with E-state index in [-0.39, 0.29) is 29.5 Å². The topological polar surface area (TPSA) is 43.4 Å². The minimum Gasteiger partial charge on any atom is -0.461 e. The molecule has 3 rings (SSSR count). The van der Waals surface area contributed by atoms with Crippen molar-refractivity contribution in [3.63, 3.8) is 0 Å². The highest BCUT2D eigenvalue weighted by Crippen LogP contribution is 2.55. The van der Waals surface area contributed by atoms with E-state index in [1.54, 1.807) is 0 Å². The molecule has 0 spiro atoms. The maximum atomic E-state index is 11.8. The lowest BCUT2D eigenvalue weighted by atomic mass is 10.1. The van der Waals surface area contributed by atoms with E-state index in [2.05, 4.69) is 0 Å². The summed E-state index contributed by atoms with van der Waals surface area (Å²) < 4.78 is 5.25. The van der Waals surface area contributed by atoms with Crippen LogP contribution in [0.25, 0.3) is 0 Å². The highest BCUT2D eigenvalue weighted by molar-refractivity contribution is 5.94. The van der Waals surface area contributed by atoms with Gasteiger partial charge < -0.3 is 4.74 Å². The Balaban J connectivity index is 1.54. The van der Waals surface area contributed by atoms with Crippen molar-refractivity contribution in [2.24, 2.45) is 17.8 Å². The van der Waals surface area contributed by atoms with Gasteiger partial charge in [0.2, 0.25) is 0 Å². The van der Waals surface area contributed by atoms with Crippen LogP contribution in [0.15, 0.2) is 30.3 Å². The summed E-state index contributed by atoms with van der Waals surface area (Å²) >= 11 is 0. The summed E-state index contributed by atoms with van der Waals surface area (Å²) in [5.41, 5.74) is 0.984. The molecule has 0 bridgehead atoms. The molecule has 0 heterocycles. The molecule has 1 aromatic rings. The molecule has 0 radical (unpaired) electrons. The van der Waals surface area contributed by atoms with Gasteiger partial charge in [0.05, 0.1) is 5.92 Å². The third-order valence-electron chi connectivity index (χ3n) is 3.76. The SMILES string of the molecule is O=C1CC[C@@H]2[C@H]1[C@H]2C(=O)OCc1ccccc1. The second-order valence-corrected chi connectivity index (χ2v) is 4.81.